The van der Waals surface area contributed by atoms with Crippen molar-refractivity contribution in [2.75, 3.05) is 17.4 Å². The van der Waals surface area contributed by atoms with Gasteiger partial charge in [-0.3, -0.25) is 4.31 Å². The zero-order valence-electron chi connectivity index (χ0n) is 10.4. The van der Waals surface area contributed by atoms with E-state index in [1.165, 1.54) is 4.31 Å². The zero-order chi connectivity index (χ0) is 12.6. The van der Waals surface area contributed by atoms with Gasteiger partial charge in [-0.25, -0.2) is 0 Å². The van der Waals surface area contributed by atoms with Gasteiger partial charge in [0.1, 0.15) is 0 Å². The first kappa shape index (κ1) is 12.4. The summed E-state index contributed by atoms with van der Waals surface area (Å²) in [4.78, 5) is 0. The Balaban J connectivity index is 2.53. The molecule has 1 fully saturated rings. The summed E-state index contributed by atoms with van der Waals surface area (Å²) in [6.07, 6.45) is 0.839. The van der Waals surface area contributed by atoms with Crippen LogP contribution in [0.5, 0.6) is 0 Å². The molecule has 1 saturated heterocycles. The predicted octanol–water partition coefficient (Wildman–Crippen LogP) is 1.66. The first-order valence-corrected chi connectivity index (χ1v) is 7.21. The summed E-state index contributed by atoms with van der Waals surface area (Å²) in [7, 11) is -3.35. The molecule has 1 aromatic rings. The molecule has 94 valence electrons. The Labute approximate surface area is 103 Å². The maximum absolute atomic E-state index is 12.0. The van der Waals surface area contributed by atoms with E-state index in [1.807, 2.05) is 32.9 Å². The minimum absolute atomic E-state index is 0.531. The monoisotopic (exact) mass is 254 g/mol. The molecule has 0 atom stereocenters. The number of benzene rings is 1. The summed E-state index contributed by atoms with van der Waals surface area (Å²) < 4.78 is 28.0. The molecule has 1 aromatic carbocycles. The lowest BCUT2D eigenvalue weighted by Gasteiger charge is -2.31. The lowest BCUT2D eigenvalue weighted by atomic mass is 10.1. The highest BCUT2D eigenvalue weighted by Gasteiger charge is 2.27. The van der Waals surface area contributed by atoms with Gasteiger partial charge < -0.3 is 0 Å². The van der Waals surface area contributed by atoms with Crippen LogP contribution in [0, 0.1) is 20.8 Å². The summed E-state index contributed by atoms with van der Waals surface area (Å²) in [6, 6.07) is 4.04. The van der Waals surface area contributed by atoms with E-state index in [1.54, 1.807) is 0 Å². The highest BCUT2D eigenvalue weighted by atomic mass is 32.2. The van der Waals surface area contributed by atoms with Crippen LogP contribution in [-0.2, 0) is 10.2 Å². The molecule has 1 heterocycles. The van der Waals surface area contributed by atoms with Gasteiger partial charge in [-0.1, -0.05) is 17.7 Å². The zero-order valence-corrected chi connectivity index (χ0v) is 11.3. The summed E-state index contributed by atoms with van der Waals surface area (Å²) in [5, 5.41) is 0. The Morgan fingerprint density at radius 1 is 1.18 bits per heavy atom. The number of hydrogen-bond donors (Lipinski definition) is 1. The third kappa shape index (κ3) is 2.30. The fourth-order valence-electron chi connectivity index (χ4n) is 2.42. The number of nitrogens with one attached hydrogen (secondary N) is 1. The molecule has 0 spiro atoms. The van der Waals surface area contributed by atoms with Crippen molar-refractivity contribution in [1.29, 1.82) is 0 Å². The van der Waals surface area contributed by atoms with Gasteiger partial charge in [-0.2, -0.15) is 13.1 Å². The maximum atomic E-state index is 12.0. The fraction of sp³-hybridized carbons (Fsp3) is 0.500. The van der Waals surface area contributed by atoms with Crippen molar-refractivity contribution in [3.8, 4) is 0 Å². The molecule has 0 saturated carbocycles. The van der Waals surface area contributed by atoms with Crippen LogP contribution in [0.1, 0.15) is 23.1 Å². The normalized spacial score (nSPS) is 19.4. The average Bonchev–Trinajstić information content (AvgIpc) is 2.18. The predicted molar refractivity (Wildman–Crippen MR) is 69.5 cm³/mol. The van der Waals surface area contributed by atoms with Crippen LogP contribution in [0.3, 0.4) is 0 Å². The minimum atomic E-state index is -3.35. The molecule has 5 heteroatoms. The Bertz CT molecular complexity index is 514. The van der Waals surface area contributed by atoms with E-state index in [-0.39, 0.29) is 0 Å². The smallest absolute Gasteiger partial charge is 0.257 e. The van der Waals surface area contributed by atoms with Crippen LogP contribution in [0.25, 0.3) is 0 Å². The van der Waals surface area contributed by atoms with Gasteiger partial charge >= 0.3 is 10.2 Å². The van der Waals surface area contributed by atoms with Crippen molar-refractivity contribution >= 4 is 15.9 Å². The lowest BCUT2D eigenvalue weighted by Crippen LogP contribution is -2.47. The van der Waals surface area contributed by atoms with Gasteiger partial charge in [0.2, 0.25) is 0 Å². The number of anilines is 1. The topological polar surface area (TPSA) is 49.4 Å². The molecule has 4 nitrogen and oxygen atoms in total. The number of aryl methyl sites for hydroxylation is 3. The molecule has 17 heavy (non-hydrogen) atoms. The van der Waals surface area contributed by atoms with Crippen LogP contribution in [0.15, 0.2) is 12.1 Å². The molecule has 0 bridgehead atoms. The van der Waals surface area contributed by atoms with Gasteiger partial charge in [-0.15, -0.1) is 0 Å². The van der Waals surface area contributed by atoms with Crippen molar-refractivity contribution in [2.45, 2.75) is 27.2 Å². The van der Waals surface area contributed by atoms with Crippen LogP contribution in [0.4, 0.5) is 5.69 Å². The fourth-order valence-corrected chi connectivity index (χ4v) is 3.88. The molecule has 0 aliphatic carbocycles. The summed E-state index contributed by atoms with van der Waals surface area (Å²) in [5.41, 5.74) is 4.00. The van der Waals surface area contributed by atoms with Gasteiger partial charge in [0.25, 0.3) is 0 Å². The molecule has 0 aromatic heterocycles. The van der Waals surface area contributed by atoms with Crippen molar-refractivity contribution in [1.82, 2.24) is 4.72 Å². The second-order valence-corrected chi connectivity index (χ2v) is 6.25. The Morgan fingerprint density at radius 2 is 1.76 bits per heavy atom. The standard InChI is InChI=1S/C12H18N2O2S/c1-9-7-10(2)12(11(3)8-9)14-6-4-5-13-17(14,15)16/h7-8,13H,4-6H2,1-3H3. The maximum Gasteiger partial charge on any atom is 0.301 e. The van der Waals surface area contributed by atoms with Crippen molar-refractivity contribution < 1.29 is 8.42 Å². The second kappa shape index (κ2) is 4.31. The van der Waals surface area contributed by atoms with Gasteiger partial charge in [0, 0.05) is 13.1 Å². The Morgan fingerprint density at radius 3 is 2.29 bits per heavy atom. The van der Waals surface area contributed by atoms with E-state index in [4.69, 9.17) is 0 Å². The Kier molecular flexibility index (Phi) is 3.14. The van der Waals surface area contributed by atoms with Gasteiger partial charge in [0.05, 0.1) is 5.69 Å². The summed E-state index contributed by atoms with van der Waals surface area (Å²) in [5.74, 6) is 0. The third-order valence-electron chi connectivity index (χ3n) is 3.00. The number of hydrogen-bond acceptors (Lipinski definition) is 2. The molecule has 1 aliphatic heterocycles. The number of rotatable bonds is 1. The van der Waals surface area contributed by atoms with Crippen LogP contribution >= 0.6 is 0 Å². The van der Waals surface area contributed by atoms with Crippen LogP contribution in [-0.4, -0.2) is 21.5 Å². The molecular formula is C12H18N2O2S. The number of nitrogens with zero attached hydrogens (tertiary/aromatic N) is 1. The summed E-state index contributed by atoms with van der Waals surface area (Å²) in [6.45, 7) is 7.02. The largest absolute Gasteiger partial charge is 0.301 e. The summed E-state index contributed by atoms with van der Waals surface area (Å²) >= 11 is 0. The first-order chi connectivity index (χ1) is 7.92. The van der Waals surface area contributed by atoms with E-state index in [9.17, 15) is 8.42 Å². The lowest BCUT2D eigenvalue weighted by molar-refractivity contribution is 0.560. The highest BCUT2D eigenvalue weighted by molar-refractivity contribution is 7.90. The van der Waals surface area contributed by atoms with Crippen LogP contribution < -0.4 is 9.03 Å². The first-order valence-electron chi connectivity index (χ1n) is 5.77. The average molecular weight is 254 g/mol. The van der Waals surface area contributed by atoms with E-state index in [2.05, 4.69) is 4.72 Å². The molecule has 0 unspecified atom stereocenters. The van der Waals surface area contributed by atoms with E-state index >= 15 is 0 Å². The molecule has 0 radical (unpaired) electrons. The SMILES string of the molecule is Cc1cc(C)c(N2CCCNS2(=O)=O)c(C)c1. The Hall–Kier alpha value is -1.07. The van der Waals surface area contributed by atoms with Crippen molar-refractivity contribution in [3.63, 3.8) is 0 Å². The molecular weight excluding hydrogens is 236 g/mol. The quantitative estimate of drug-likeness (QED) is 0.828. The molecule has 1 aliphatic rings. The van der Waals surface area contributed by atoms with Gasteiger partial charge in [0.15, 0.2) is 0 Å². The molecule has 0 amide bonds. The molecule has 1 N–H and O–H groups in total. The second-order valence-electron chi connectivity index (χ2n) is 4.57. The van der Waals surface area contributed by atoms with E-state index in [0.717, 1.165) is 28.8 Å². The van der Waals surface area contributed by atoms with E-state index in [0.29, 0.717) is 13.1 Å². The highest BCUT2D eigenvalue weighted by Crippen LogP contribution is 2.29. The van der Waals surface area contributed by atoms with E-state index < -0.39 is 10.2 Å². The van der Waals surface area contributed by atoms with Gasteiger partial charge in [-0.05, 0) is 38.3 Å². The van der Waals surface area contributed by atoms with Crippen LogP contribution in [0.2, 0.25) is 0 Å². The minimum Gasteiger partial charge on any atom is -0.257 e. The van der Waals surface area contributed by atoms with Crippen molar-refractivity contribution in [3.05, 3.63) is 28.8 Å². The van der Waals surface area contributed by atoms with Crippen molar-refractivity contribution in [2.24, 2.45) is 0 Å². The third-order valence-corrected chi connectivity index (χ3v) is 4.51. The molecule has 2 rings (SSSR count).